The molecule has 0 saturated carbocycles. The van der Waals surface area contributed by atoms with Crippen molar-refractivity contribution in [2.75, 3.05) is 10.6 Å². The molecule has 2 N–H and O–H groups in total. The van der Waals surface area contributed by atoms with Gasteiger partial charge in [-0.25, -0.2) is 19.7 Å². The van der Waals surface area contributed by atoms with E-state index in [0.29, 0.717) is 28.3 Å². The van der Waals surface area contributed by atoms with E-state index < -0.39 is 11.5 Å². The van der Waals surface area contributed by atoms with Crippen molar-refractivity contribution < 1.29 is 9.21 Å². The van der Waals surface area contributed by atoms with Gasteiger partial charge in [-0.3, -0.25) is 9.36 Å². The van der Waals surface area contributed by atoms with E-state index >= 15 is 0 Å². The van der Waals surface area contributed by atoms with E-state index in [1.165, 1.54) is 12.4 Å². The Balaban J connectivity index is 1.30. The van der Waals surface area contributed by atoms with Crippen LogP contribution in [0.15, 0.2) is 94.9 Å². The van der Waals surface area contributed by atoms with E-state index in [0.717, 1.165) is 5.69 Å². The van der Waals surface area contributed by atoms with Gasteiger partial charge in [-0.1, -0.05) is 18.2 Å². The van der Waals surface area contributed by atoms with E-state index in [2.05, 4.69) is 25.6 Å². The number of nitrogens with zero attached hydrogens (tertiary/aromatic N) is 4. The lowest BCUT2D eigenvalue weighted by Gasteiger charge is -2.09. The summed E-state index contributed by atoms with van der Waals surface area (Å²) >= 11 is 0. The second-order valence-electron chi connectivity index (χ2n) is 6.87. The van der Waals surface area contributed by atoms with Gasteiger partial charge in [-0.15, -0.1) is 0 Å². The molecule has 3 aromatic heterocycles. The molecule has 0 aliphatic heterocycles. The fourth-order valence-electron chi connectivity index (χ4n) is 3.15. The molecule has 0 bridgehead atoms. The number of imidazole rings is 1. The zero-order valence-corrected chi connectivity index (χ0v) is 16.6. The van der Waals surface area contributed by atoms with Gasteiger partial charge in [0, 0.05) is 35.2 Å². The average molecular weight is 424 g/mol. The Labute approximate surface area is 181 Å². The number of nitrogens with one attached hydrogen (secondary N) is 2. The van der Waals surface area contributed by atoms with Crippen molar-refractivity contribution in [1.82, 2.24) is 19.5 Å². The first-order valence-electron chi connectivity index (χ1n) is 9.67. The van der Waals surface area contributed by atoms with Gasteiger partial charge in [0.1, 0.15) is 35.4 Å². The van der Waals surface area contributed by atoms with Gasteiger partial charge in [-0.2, -0.15) is 0 Å². The molecule has 0 aliphatic carbocycles. The summed E-state index contributed by atoms with van der Waals surface area (Å²) in [5, 5.41) is 6.58. The van der Waals surface area contributed by atoms with Crippen LogP contribution in [0.25, 0.3) is 16.8 Å². The summed E-state index contributed by atoms with van der Waals surface area (Å²) in [6.45, 7) is 0. The molecule has 9 heteroatoms. The zero-order chi connectivity index (χ0) is 21.9. The number of amides is 1. The minimum Gasteiger partial charge on any atom is -0.422 e. The summed E-state index contributed by atoms with van der Waals surface area (Å²) in [5.41, 5.74) is 1.000. The van der Waals surface area contributed by atoms with Crippen molar-refractivity contribution >= 4 is 34.1 Å². The highest BCUT2D eigenvalue weighted by atomic mass is 16.4. The second-order valence-corrected chi connectivity index (χ2v) is 6.87. The van der Waals surface area contributed by atoms with E-state index in [4.69, 9.17) is 4.42 Å². The number of rotatable bonds is 5. The predicted molar refractivity (Wildman–Crippen MR) is 119 cm³/mol. The minimum atomic E-state index is -0.683. The summed E-state index contributed by atoms with van der Waals surface area (Å²) in [7, 11) is 0. The molecule has 1 amide bonds. The molecular weight excluding hydrogens is 408 g/mol. The third-order valence-corrected chi connectivity index (χ3v) is 4.72. The molecule has 0 unspecified atom stereocenters. The summed E-state index contributed by atoms with van der Waals surface area (Å²) < 4.78 is 7.00. The summed E-state index contributed by atoms with van der Waals surface area (Å²) in [4.78, 5) is 37.2. The normalized spacial score (nSPS) is 10.8. The van der Waals surface area contributed by atoms with E-state index in [-0.39, 0.29) is 5.56 Å². The molecule has 2 aromatic carbocycles. The first-order chi connectivity index (χ1) is 15.7. The molecule has 9 nitrogen and oxygen atoms in total. The summed E-state index contributed by atoms with van der Waals surface area (Å²) in [6, 6.07) is 17.4. The summed E-state index contributed by atoms with van der Waals surface area (Å²) in [5.74, 6) is 0.748. The van der Waals surface area contributed by atoms with Crippen molar-refractivity contribution in [1.29, 1.82) is 0 Å². The minimum absolute atomic E-state index is 0.0566. The molecule has 0 radical (unpaired) electrons. The van der Waals surface area contributed by atoms with E-state index in [1.54, 1.807) is 71.8 Å². The van der Waals surface area contributed by atoms with E-state index in [1.807, 2.05) is 6.07 Å². The number of fused-ring (bicyclic) bond motifs is 1. The number of para-hydroxylation sites is 1. The third kappa shape index (κ3) is 3.94. The van der Waals surface area contributed by atoms with Crippen LogP contribution in [0.5, 0.6) is 0 Å². The molecule has 5 rings (SSSR count). The largest absolute Gasteiger partial charge is 0.422 e. The Morgan fingerprint density at radius 2 is 1.78 bits per heavy atom. The molecule has 0 atom stereocenters. The highest BCUT2D eigenvalue weighted by Gasteiger charge is 2.14. The third-order valence-electron chi connectivity index (χ3n) is 4.72. The van der Waals surface area contributed by atoms with Crippen LogP contribution in [0, 0.1) is 0 Å². The molecule has 0 aliphatic rings. The maximum absolute atomic E-state index is 12.6. The lowest BCUT2D eigenvalue weighted by molar-refractivity contribution is 0.102. The molecule has 0 fully saturated rings. The van der Waals surface area contributed by atoms with Crippen LogP contribution < -0.4 is 16.3 Å². The standard InChI is InChI=1S/C23H16N6O3/c30-22(18-11-15-3-1-2-4-19(15)32-23(18)31)28-17-7-5-16(6-8-17)27-20-12-21(26-13-25-20)29-10-9-24-14-29/h1-14H,(H,28,30)(H,25,26,27). The van der Waals surface area contributed by atoms with Gasteiger partial charge in [0.05, 0.1) is 0 Å². The average Bonchev–Trinajstić information content (AvgIpc) is 3.35. The Morgan fingerprint density at radius 3 is 2.59 bits per heavy atom. The highest BCUT2D eigenvalue weighted by Crippen LogP contribution is 2.19. The number of hydrogen-bond donors (Lipinski definition) is 2. The molecule has 0 saturated heterocycles. The Hall–Kier alpha value is -4.79. The molecule has 156 valence electrons. The molecule has 5 aromatic rings. The Kier molecular flexibility index (Phi) is 4.89. The van der Waals surface area contributed by atoms with Crippen LogP contribution in [0.2, 0.25) is 0 Å². The van der Waals surface area contributed by atoms with Crippen LogP contribution in [-0.4, -0.2) is 25.4 Å². The van der Waals surface area contributed by atoms with Gasteiger partial charge in [0.15, 0.2) is 0 Å². The van der Waals surface area contributed by atoms with Crippen molar-refractivity contribution in [3.63, 3.8) is 0 Å². The zero-order valence-electron chi connectivity index (χ0n) is 16.6. The SMILES string of the molecule is O=C(Nc1ccc(Nc2cc(-n3ccnc3)ncn2)cc1)c1cc2ccccc2oc1=O. The number of carbonyl (C=O) groups is 1. The predicted octanol–water partition coefficient (Wildman–Crippen LogP) is 3.76. The topological polar surface area (TPSA) is 115 Å². The monoisotopic (exact) mass is 424 g/mol. The van der Waals surface area contributed by atoms with Gasteiger partial charge in [0.2, 0.25) is 0 Å². The first-order valence-corrected chi connectivity index (χ1v) is 9.67. The number of aromatic nitrogens is 4. The maximum Gasteiger partial charge on any atom is 0.349 e. The number of carbonyl (C=O) groups excluding carboxylic acids is 1. The van der Waals surface area contributed by atoms with Crippen LogP contribution in [-0.2, 0) is 0 Å². The van der Waals surface area contributed by atoms with Crippen molar-refractivity contribution in [2.24, 2.45) is 0 Å². The van der Waals surface area contributed by atoms with Gasteiger partial charge < -0.3 is 15.1 Å². The molecule has 32 heavy (non-hydrogen) atoms. The fourth-order valence-corrected chi connectivity index (χ4v) is 3.15. The first kappa shape index (κ1) is 19.2. The smallest absolute Gasteiger partial charge is 0.349 e. The Morgan fingerprint density at radius 1 is 0.969 bits per heavy atom. The summed E-state index contributed by atoms with van der Waals surface area (Å²) in [6.07, 6.45) is 6.57. The van der Waals surface area contributed by atoms with Gasteiger partial charge >= 0.3 is 5.63 Å². The lowest BCUT2D eigenvalue weighted by Crippen LogP contribution is -2.20. The quantitative estimate of drug-likeness (QED) is 0.413. The van der Waals surface area contributed by atoms with Crippen molar-refractivity contribution in [3.8, 4) is 5.82 Å². The van der Waals surface area contributed by atoms with Crippen molar-refractivity contribution in [2.45, 2.75) is 0 Å². The number of hydrogen-bond acceptors (Lipinski definition) is 7. The molecule has 0 spiro atoms. The van der Waals surface area contributed by atoms with Crippen LogP contribution in [0.3, 0.4) is 0 Å². The lowest BCUT2D eigenvalue weighted by atomic mass is 10.1. The van der Waals surface area contributed by atoms with E-state index in [9.17, 15) is 9.59 Å². The fraction of sp³-hybridized carbons (Fsp3) is 0. The van der Waals surface area contributed by atoms with Gasteiger partial charge in [0.25, 0.3) is 5.91 Å². The Bertz CT molecular complexity index is 1460. The van der Waals surface area contributed by atoms with Crippen molar-refractivity contribution in [3.05, 3.63) is 102 Å². The van der Waals surface area contributed by atoms with Crippen LogP contribution >= 0.6 is 0 Å². The molecular formula is C23H16N6O3. The van der Waals surface area contributed by atoms with Crippen LogP contribution in [0.1, 0.15) is 10.4 Å². The highest BCUT2D eigenvalue weighted by molar-refractivity contribution is 6.05. The van der Waals surface area contributed by atoms with Gasteiger partial charge in [-0.05, 0) is 36.4 Å². The molecule has 3 heterocycles. The second kappa shape index (κ2) is 8.15. The maximum atomic E-state index is 12.6. The number of anilines is 3. The number of benzene rings is 2. The van der Waals surface area contributed by atoms with Crippen LogP contribution in [0.4, 0.5) is 17.2 Å².